The summed E-state index contributed by atoms with van der Waals surface area (Å²) in [6.45, 7) is 1.87. The molecule has 2 nitrogen and oxygen atoms in total. The van der Waals surface area contributed by atoms with Crippen molar-refractivity contribution in [2.24, 2.45) is 0 Å². The number of carbonyl (C=O) groups excluding carboxylic acids is 1. The predicted octanol–water partition coefficient (Wildman–Crippen LogP) is 3.61. The standard InChI is InChI=1S/C13H14ClO2/c14-13-8-6-12(7-9-13)5-3-1-2-4-10-16-11-15/h3,5-9H,1-2,4,10H2/b5-3+. The minimum absolute atomic E-state index is 0.457. The van der Waals surface area contributed by atoms with Crippen molar-refractivity contribution in [1.29, 1.82) is 0 Å². The zero-order valence-corrected chi connectivity index (χ0v) is 9.74. The van der Waals surface area contributed by atoms with Gasteiger partial charge in [-0.25, -0.2) is 4.79 Å². The zero-order chi connectivity index (χ0) is 11.6. The summed E-state index contributed by atoms with van der Waals surface area (Å²) in [5.74, 6) is 0. The summed E-state index contributed by atoms with van der Waals surface area (Å²) in [5.41, 5.74) is 1.14. The Morgan fingerprint density at radius 2 is 2.00 bits per heavy atom. The first-order chi connectivity index (χ1) is 7.83. The molecule has 0 N–H and O–H groups in total. The number of hydrogen-bond acceptors (Lipinski definition) is 2. The molecule has 0 heterocycles. The van der Waals surface area contributed by atoms with Crippen LogP contribution >= 0.6 is 11.6 Å². The van der Waals surface area contributed by atoms with E-state index in [0.717, 1.165) is 29.8 Å². The van der Waals surface area contributed by atoms with Crippen molar-refractivity contribution in [3.05, 3.63) is 40.9 Å². The van der Waals surface area contributed by atoms with Gasteiger partial charge < -0.3 is 4.74 Å². The Bertz CT molecular complexity index is 330. The molecule has 0 bridgehead atoms. The molecule has 0 aliphatic heterocycles. The molecule has 1 aromatic rings. The molecule has 0 fully saturated rings. The van der Waals surface area contributed by atoms with Crippen LogP contribution in [0, 0.1) is 0 Å². The highest BCUT2D eigenvalue weighted by Crippen LogP contribution is 2.11. The Morgan fingerprint density at radius 3 is 2.69 bits per heavy atom. The maximum absolute atomic E-state index is 9.73. The molecule has 0 aliphatic rings. The second-order valence-corrected chi connectivity index (χ2v) is 3.82. The van der Waals surface area contributed by atoms with Crippen LogP contribution in [0.15, 0.2) is 30.3 Å². The van der Waals surface area contributed by atoms with Gasteiger partial charge in [0, 0.05) is 5.02 Å². The van der Waals surface area contributed by atoms with Gasteiger partial charge in [-0.3, -0.25) is 0 Å². The Labute approximate surface area is 101 Å². The van der Waals surface area contributed by atoms with E-state index in [1.165, 1.54) is 6.47 Å². The summed E-state index contributed by atoms with van der Waals surface area (Å²) in [4.78, 5) is 9.73. The summed E-state index contributed by atoms with van der Waals surface area (Å²) in [6.07, 6.45) is 7.02. The molecule has 3 heteroatoms. The van der Waals surface area contributed by atoms with Crippen molar-refractivity contribution < 1.29 is 9.53 Å². The van der Waals surface area contributed by atoms with Gasteiger partial charge in [0.15, 0.2) is 0 Å². The van der Waals surface area contributed by atoms with Gasteiger partial charge in [0.1, 0.15) is 0 Å². The van der Waals surface area contributed by atoms with Gasteiger partial charge in [-0.1, -0.05) is 35.9 Å². The van der Waals surface area contributed by atoms with Gasteiger partial charge >= 0.3 is 6.47 Å². The molecule has 0 amide bonds. The number of hydrogen-bond donors (Lipinski definition) is 0. The van der Waals surface area contributed by atoms with E-state index in [1.807, 2.05) is 24.3 Å². The molecule has 0 saturated heterocycles. The lowest BCUT2D eigenvalue weighted by Gasteiger charge is -1.96. The highest BCUT2D eigenvalue weighted by Gasteiger charge is 1.89. The number of allylic oxidation sites excluding steroid dienone is 1. The fourth-order valence-electron chi connectivity index (χ4n) is 1.27. The van der Waals surface area contributed by atoms with Crippen LogP contribution in [0.3, 0.4) is 0 Å². The summed E-state index contributed by atoms with van der Waals surface area (Å²) < 4.78 is 4.47. The smallest absolute Gasteiger partial charge is 0.417 e. The average molecular weight is 238 g/mol. The number of unbranched alkanes of at least 4 members (excludes halogenated alkanes) is 2. The summed E-state index contributed by atoms with van der Waals surface area (Å²) in [5, 5.41) is 0.749. The topological polar surface area (TPSA) is 26.3 Å². The largest absolute Gasteiger partial charge is 0.457 e. The quantitative estimate of drug-likeness (QED) is 0.678. The Balaban J connectivity index is 2.17. The van der Waals surface area contributed by atoms with Gasteiger partial charge in [0.05, 0.1) is 6.61 Å². The van der Waals surface area contributed by atoms with Crippen molar-refractivity contribution >= 4 is 24.1 Å². The van der Waals surface area contributed by atoms with E-state index in [9.17, 15) is 4.79 Å². The lowest BCUT2D eigenvalue weighted by Crippen LogP contribution is -1.90. The van der Waals surface area contributed by atoms with Crippen LogP contribution in [0.5, 0.6) is 0 Å². The van der Waals surface area contributed by atoms with E-state index < -0.39 is 0 Å². The summed E-state index contributed by atoms with van der Waals surface area (Å²) in [6, 6.07) is 7.69. The van der Waals surface area contributed by atoms with Crippen molar-refractivity contribution in [1.82, 2.24) is 0 Å². The molecule has 0 spiro atoms. The van der Waals surface area contributed by atoms with Crippen LogP contribution < -0.4 is 0 Å². The number of benzene rings is 1. The molecular formula is C13H14ClO2. The lowest BCUT2D eigenvalue weighted by molar-refractivity contribution is 0.270. The van der Waals surface area contributed by atoms with Crippen molar-refractivity contribution in [3.63, 3.8) is 0 Å². The maximum atomic E-state index is 9.73. The molecule has 0 unspecified atom stereocenters. The predicted molar refractivity (Wildman–Crippen MR) is 66.0 cm³/mol. The van der Waals surface area contributed by atoms with Crippen LogP contribution in [0.1, 0.15) is 24.8 Å². The minimum Gasteiger partial charge on any atom is -0.457 e. The van der Waals surface area contributed by atoms with Crippen molar-refractivity contribution in [2.75, 3.05) is 6.61 Å². The molecule has 0 saturated carbocycles. The van der Waals surface area contributed by atoms with Crippen molar-refractivity contribution in [3.8, 4) is 0 Å². The average Bonchev–Trinajstić information content (AvgIpc) is 2.30. The third kappa shape index (κ3) is 5.56. The minimum atomic E-state index is 0.457. The maximum Gasteiger partial charge on any atom is 0.417 e. The normalized spacial score (nSPS) is 10.6. The van der Waals surface area contributed by atoms with Gasteiger partial charge in [-0.05, 0) is 37.0 Å². The molecule has 1 radical (unpaired) electrons. The van der Waals surface area contributed by atoms with Crippen molar-refractivity contribution in [2.45, 2.75) is 19.3 Å². The monoisotopic (exact) mass is 237 g/mol. The first-order valence-electron chi connectivity index (χ1n) is 5.24. The Hall–Kier alpha value is -1.28. The van der Waals surface area contributed by atoms with Crippen LogP contribution in [0.25, 0.3) is 6.08 Å². The first kappa shape index (κ1) is 12.8. The van der Waals surface area contributed by atoms with Gasteiger partial charge in [-0.2, -0.15) is 0 Å². The van der Waals surface area contributed by atoms with E-state index >= 15 is 0 Å². The summed E-state index contributed by atoms with van der Waals surface area (Å²) in [7, 11) is 0. The highest BCUT2D eigenvalue weighted by atomic mass is 35.5. The van der Waals surface area contributed by atoms with E-state index in [0.29, 0.717) is 6.61 Å². The summed E-state index contributed by atoms with van der Waals surface area (Å²) >= 11 is 5.77. The second kappa shape index (κ2) is 7.94. The fourth-order valence-corrected chi connectivity index (χ4v) is 1.40. The molecule has 1 rings (SSSR count). The van der Waals surface area contributed by atoms with E-state index in [-0.39, 0.29) is 0 Å². The third-order valence-corrected chi connectivity index (χ3v) is 2.36. The lowest BCUT2D eigenvalue weighted by atomic mass is 10.1. The Kier molecular flexibility index (Phi) is 6.35. The van der Waals surface area contributed by atoms with E-state index in [1.54, 1.807) is 0 Å². The molecule has 0 atom stereocenters. The molecule has 1 aromatic carbocycles. The Morgan fingerprint density at radius 1 is 1.25 bits per heavy atom. The SMILES string of the molecule is O=[C]OCCCC/C=C/c1ccc(Cl)cc1. The van der Waals surface area contributed by atoms with E-state index in [4.69, 9.17) is 11.6 Å². The molecular weight excluding hydrogens is 224 g/mol. The van der Waals surface area contributed by atoms with Gasteiger partial charge in [0.25, 0.3) is 0 Å². The first-order valence-corrected chi connectivity index (χ1v) is 5.62. The van der Waals surface area contributed by atoms with Gasteiger partial charge in [-0.15, -0.1) is 0 Å². The second-order valence-electron chi connectivity index (χ2n) is 3.38. The van der Waals surface area contributed by atoms with Crippen LogP contribution in [-0.2, 0) is 9.53 Å². The molecule has 16 heavy (non-hydrogen) atoms. The highest BCUT2D eigenvalue weighted by molar-refractivity contribution is 6.30. The van der Waals surface area contributed by atoms with Gasteiger partial charge in [0.2, 0.25) is 0 Å². The molecule has 0 aliphatic carbocycles. The third-order valence-electron chi connectivity index (χ3n) is 2.11. The molecule has 0 aromatic heterocycles. The number of ether oxygens (including phenoxy) is 1. The molecule has 85 valence electrons. The zero-order valence-electron chi connectivity index (χ0n) is 8.99. The fraction of sp³-hybridized carbons (Fsp3) is 0.308. The van der Waals surface area contributed by atoms with Crippen LogP contribution in [0.2, 0.25) is 5.02 Å². The van der Waals surface area contributed by atoms with Crippen LogP contribution in [-0.4, -0.2) is 13.1 Å². The number of rotatable bonds is 7. The number of halogens is 1. The van der Waals surface area contributed by atoms with E-state index in [2.05, 4.69) is 16.9 Å². The van der Waals surface area contributed by atoms with Crippen LogP contribution in [0.4, 0.5) is 0 Å².